The van der Waals surface area contributed by atoms with Gasteiger partial charge < -0.3 is 15.2 Å². The fourth-order valence-electron chi connectivity index (χ4n) is 2.21. The number of benzene rings is 1. The largest absolute Gasteiger partial charge is 0.497 e. The maximum atomic E-state index is 13.9. The quantitative estimate of drug-likeness (QED) is 0.800. The van der Waals surface area contributed by atoms with Crippen molar-refractivity contribution in [3.8, 4) is 5.75 Å². The highest BCUT2D eigenvalue weighted by molar-refractivity contribution is 5.99. The summed E-state index contributed by atoms with van der Waals surface area (Å²) in [6.45, 7) is -0.115. The number of halogens is 2. The molecule has 1 aliphatic rings. The molecule has 2 rings (SSSR count). The second-order valence-corrected chi connectivity index (χ2v) is 4.17. The van der Waals surface area contributed by atoms with Crippen molar-refractivity contribution in [2.45, 2.75) is 5.92 Å². The standard InChI is InChI=1S/C12H11F2NO4/c1-19-5-2-7(13)9(8(14)3-5)6-4-15-11(16)10(6)12(17)18/h2-3,6,10H,4H2,1H3,(H,15,16)(H,17,18)/t6-,10-/m1/s1. The molecule has 5 nitrogen and oxygen atoms in total. The Morgan fingerprint density at radius 1 is 1.42 bits per heavy atom. The Morgan fingerprint density at radius 2 is 2.00 bits per heavy atom. The van der Waals surface area contributed by atoms with Gasteiger partial charge in [-0.25, -0.2) is 8.78 Å². The molecule has 2 atom stereocenters. The van der Waals surface area contributed by atoms with Crippen LogP contribution < -0.4 is 10.1 Å². The number of methoxy groups -OCH3 is 1. The Hall–Kier alpha value is -2.18. The van der Waals surface area contributed by atoms with Gasteiger partial charge in [0.1, 0.15) is 23.3 Å². The number of hydrogen-bond acceptors (Lipinski definition) is 3. The van der Waals surface area contributed by atoms with E-state index in [1.807, 2.05) is 0 Å². The molecule has 19 heavy (non-hydrogen) atoms. The van der Waals surface area contributed by atoms with Crippen LogP contribution in [0, 0.1) is 17.6 Å². The molecule has 0 unspecified atom stereocenters. The van der Waals surface area contributed by atoms with E-state index in [9.17, 15) is 18.4 Å². The van der Waals surface area contributed by atoms with E-state index in [2.05, 4.69) is 5.32 Å². The third kappa shape index (κ3) is 2.23. The number of rotatable bonds is 3. The van der Waals surface area contributed by atoms with E-state index in [4.69, 9.17) is 9.84 Å². The molecule has 0 spiro atoms. The van der Waals surface area contributed by atoms with Crippen LogP contribution in [-0.2, 0) is 9.59 Å². The summed E-state index contributed by atoms with van der Waals surface area (Å²) < 4.78 is 32.4. The molecular weight excluding hydrogens is 260 g/mol. The van der Waals surface area contributed by atoms with Gasteiger partial charge in [0.15, 0.2) is 0 Å². The maximum Gasteiger partial charge on any atom is 0.316 e. The molecule has 2 N–H and O–H groups in total. The first kappa shape index (κ1) is 13.3. The highest BCUT2D eigenvalue weighted by Crippen LogP contribution is 2.34. The molecule has 1 fully saturated rings. The third-order valence-electron chi connectivity index (χ3n) is 3.11. The molecule has 1 heterocycles. The Labute approximate surface area is 107 Å². The van der Waals surface area contributed by atoms with Gasteiger partial charge in [-0.05, 0) is 0 Å². The molecule has 0 radical (unpaired) electrons. The highest BCUT2D eigenvalue weighted by Gasteiger charge is 2.43. The summed E-state index contributed by atoms with van der Waals surface area (Å²) in [4.78, 5) is 22.4. The third-order valence-corrected chi connectivity index (χ3v) is 3.11. The molecule has 0 saturated carbocycles. The van der Waals surface area contributed by atoms with Gasteiger partial charge in [0.05, 0.1) is 7.11 Å². The smallest absolute Gasteiger partial charge is 0.316 e. The van der Waals surface area contributed by atoms with Crippen LogP contribution >= 0.6 is 0 Å². The van der Waals surface area contributed by atoms with Gasteiger partial charge in [0.25, 0.3) is 0 Å². The van der Waals surface area contributed by atoms with Crippen LogP contribution in [0.2, 0.25) is 0 Å². The van der Waals surface area contributed by atoms with Gasteiger partial charge in [-0.3, -0.25) is 9.59 Å². The Morgan fingerprint density at radius 3 is 2.47 bits per heavy atom. The number of amides is 1. The van der Waals surface area contributed by atoms with Crippen molar-refractivity contribution in [2.24, 2.45) is 5.92 Å². The van der Waals surface area contributed by atoms with Crippen LogP contribution in [-0.4, -0.2) is 30.6 Å². The van der Waals surface area contributed by atoms with Gasteiger partial charge in [-0.2, -0.15) is 0 Å². The van der Waals surface area contributed by atoms with E-state index in [1.165, 1.54) is 7.11 Å². The van der Waals surface area contributed by atoms with Crippen molar-refractivity contribution in [3.63, 3.8) is 0 Å². The molecule has 0 aliphatic carbocycles. The summed E-state index contributed by atoms with van der Waals surface area (Å²) in [6.07, 6.45) is 0. The fourth-order valence-corrected chi connectivity index (χ4v) is 2.21. The molecule has 0 bridgehead atoms. The SMILES string of the molecule is COc1cc(F)c([C@H]2CNC(=O)[C@@H]2C(=O)O)c(F)c1. The van der Waals surface area contributed by atoms with Crippen molar-refractivity contribution in [1.29, 1.82) is 0 Å². The minimum absolute atomic E-state index is 0.0112. The van der Waals surface area contributed by atoms with Gasteiger partial charge in [-0.15, -0.1) is 0 Å². The van der Waals surface area contributed by atoms with Crippen LogP contribution in [0.1, 0.15) is 11.5 Å². The van der Waals surface area contributed by atoms with Crippen molar-refractivity contribution in [2.75, 3.05) is 13.7 Å². The van der Waals surface area contributed by atoms with Gasteiger partial charge in [0.2, 0.25) is 5.91 Å². The summed E-state index contributed by atoms with van der Waals surface area (Å²) in [5.41, 5.74) is -0.411. The van der Waals surface area contributed by atoms with Gasteiger partial charge in [0, 0.05) is 30.2 Å². The highest BCUT2D eigenvalue weighted by atomic mass is 19.1. The summed E-state index contributed by atoms with van der Waals surface area (Å²) in [7, 11) is 1.26. The van der Waals surface area contributed by atoms with Crippen molar-refractivity contribution < 1.29 is 28.2 Å². The minimum Gasteiger partial charge on any atom is -0.497 e. The summed E-state index contributed by atoms with van der Waals surface area (Å²) >= 11 is 0. The normalized spacial score (nSPS) is 22.2. The van der Waals surface area contributed by atoms with Crippen LogP contribution in [0.15, 0.2) is 12.1 Å². The number of carboxylic acids is 1. The number of hydrogen-bond donors (Lipinski definition) is 2. The Balaban J connectivity index is 2.47. The van der Waals surface area contributed by atoms with Crippen molar-refractivity contribution in [3.05, 3.63) is 29.3 Å². The summed E-state index contributed by atoms with van der Waals surface area (Å²) in [5.74, 6) is -6.58. The minimum atomic E-state index is -1.49. The number of nitrogens with one attached hydrogen (secondary N) is 1. The first-order valence-electron chi connectivity index (χ1n) is 5.49. The maximum absolute atomic E-state index is 13.9. The predicted molar refractivity (Wildman–Crippen MR) is 59.8 cm³/mol. The molecule has 102 valence electrons. The first-order chi connectivity index (χ1) is 8.95. The summed E-state index contributed by atoms with van der Waals surface area (Å²) in [5, 5.41) is 11.3. The Kier molecular flexibility index (Phi) is 3.37. The van der Waals surface area contributed by atoms with E-state index < -0.39 is 40.9 Å². The number of aliphatic carboxylic acids is 1. The zero-order valence-electron chi connectivity index (χ0n) is 9.94. The van der Waals surface area contributed by atoms with Gasteiger partial charge in [-0.1, -0.05) is 0 Å². The first-order valence-corrected chi connectivity index (χ1v) is 5.49. The van der Waals surface area contributed by atoms with Crippen LogP contribution in [0.3, 0.4) is 0 Å². The van der Waals surface area contributed by atoms with Crippen molar-refractivity contribution in [1.82, 2.24) is 5.32 Å². The molecule has 7 heteroatoms. The van der Waals surface area contributed by atoms with E-state index >= 15 is 0 Å². The van der Waals surface area contributed by atoms with E-state index in [0.29, 0.717) is 0 Å². The van der Waals surface area contributed by atoms with E-state index in [0.717, 1.165) is 12.1 Å². The lowest BCUT2D eigenvalue weighted by Gasteiger charge is -2.16. The predicted octanol–water partition coefficient (Wildman–Crippen LogP) is 0.888. The Bertz CT molecular complexity index is 524. The number of ether oxygens (including phenoxy) is 1. The monoisotopic (exact) mass is 271 g/mol. The lowest BCUT2D eigenvalue weighted by atomic mass is 9.88. The summed E-state index contributed by atoms with van der Waals surface area (Å²) in [6, 6.07) is 1.92. The van der Waals surface area contributed by atoms with E-state index in [1.54, 1.807) is 0 Å². The van der Waals surface area contributed by atoms with Crippen LogP contribution in [0.25, 0.3) is 0 Å². The van der Waals surface area contributed by atoms with Crippen LogP contribution in [0.4, 0.5) is 8.78 Å². The fraction of sp³-hybridized carbons (Fsp3) is 0.333. The molecular formula is C12H11F2NO4. The molecule has 1 aromatic carbocycles. The van der Waals surface area contributed by atoms with Gasteiger partial charge >= 0.3 is 5.97 Å². The average molecular weight is 271 g/mol. The number of carbonyl (C=O) groups is 2. The van der Waals surface area contributed by atoms with Crippen molar-refractivity contribution >= 4 is 11.9 Å². The second-order valence-electron chi connectivity index (χ2n) is 4.17. The average Bonchev–Trinajstić information content (AvgIpc) is 2.70. The topological polar surface area (TPSA) is 75.6 Å². The number of carbonyl (C=O) groups excluding carboxylic acids is 1. The van der Waals surface area contributed by atoms with Crippen LogP contribution in [0.5, 0.6) is 5.75 Å². The molecule has 0 aromatic heterocycles. The lowest BCUT2D eigenvalue weighted by Crippen LogP contribution is -2.27. The number of carboxylic acid groups (broad SMARTS) is 1. The zero-order chi connectivity index (χ0) is 14.2. The molecule has 1 aliphatic heterocycles. The lowest BCUT2D eigenvalue weighted by molar-refractivity contribution is -0.145. The second kappa shape index (κ2) is 4.83. The van der Waals surface area contributed by atoms with E-state index in [-0.39, 0.29) is 12.3 Å². The zero-order valence-corrected chi connectivity index (χ0v) is 9.94. The molecule has 1 saturated heterocycles. The molecule has 1 aromatic rings. The molecule has 1 amide bonds.